The number of methoxy groups -OCH3 is 1. The van der Waals surface area contributed by atoms with Gasteiger partial charge in [0.15, 0.2) is 11.3 Å². The summed E-state index contributed by atoms with van der Waals surface area (Å²) in [5.41, 5.74) is 8.79. The molecule has 0 aliphatic heterocycles. The summed E-state index contributed by atoms with van der Waals surface area (Å²) in [4.78, 5) is 23.6. The van der Waals surface area contributed by atoms with Crippen molar-refractivity contribution in [3.63, 3.8) is 0 Å². The Labute approximate surface area is 126 Å². The molecule has 3 rings (SSSR count). The summed E-state index contributed by atoms with van der Waals surface area (Å²) in [5, 5.41) is 0. The lowest BCUT2D eigenvalue weighted by Crippen LogP contribution is -2.17. The molecule has 0 saturated heterocycles. The molecule has 114 valence electrons. The zero-order chi connectivity index (χ0) is 15.5. The normalized spacial score (nSPS) is 11.1. The number of aromatic nitrogens is 4. The van der Waals surface area contributed by atoms with E-state index in [1.54, 1.807) is 17.9 Å². The third-order valence-corrected chi connectivity index (χ3v) is 3.39. The van der Waals surface area contributed by atoms with Crippen LogP contribution < -0.4 is 11.4 Å². The van der Waals surface area contributed by atoms with Gasteiger partial charge < -0.3 is 10.5 Å². The second-order valence-electron chi connectivity index (χ2n) is 4.98. The summed E-state index contributed by atoms with van der Waals surface area (Å²) >= 11 is 0. The van der Waals surface area contributed by atoms with Crippen LogP contribution in [-0.2, 0) is 11.3 Å². The van der Waals surface area contributed by atoms with E-state index in [2.05, 4.69) is 15.0 Å². The number of H-pyrrole nitrogens is 1. The van der Waals surface area contributed by atoms with Crippen molar-refractivity contribution in [3.05, 3.63) is 40.9 Å². The lowest BCUT2D eigenvalue weighted by Gasteiger charge is -2.03. The Morgan fingerprint density at radius 1 is 1.41 bits per heavy atom. The van der Waals surface area contributed by atoms with E-state index in [0.29, 0.717) is 35.8 Å². The molecule has 0 saturated carbocycles. The standard InChI is InChI=1S/C15H17N5O2/c1-22-7-3-6-20-14-13(19-15(20)21)18-12(9-17-14)10-4-2-5-11(16)8-10/h2,4-5,8-9H,3,6-7,16H2,1H3,(H,18,19,21). The predicted molar refractivity (Wildman–Crippen MR) is 84.5 cm³/mol. The molecule has 2 heterocycles. The van der Waals surface area contributed by atoms with Crippen LogP contribution in [-0.4, -0.2) is 33.2 Å². The Balaban J connectivity index is 1.99. The minimum absolute atomic E-state index is 0.212. The Morgan fingerprint density at radius 2 is 2.27 bits per heavy atom. The molecule has 2 aromatic heterocycles. The number of ether oxygens (including phenoxy) is 1. The highest BCUT2D eigenvalue weighted by molar-refractivity contribution is 5.71. The highest BCUT2D eigenvalue weighted by atomic mass is 16.5. The largest absolute Gasteiger partial charge is 0.399 e. The molecule has 0 atom stereocenters. The SMILES string of the molecule is COCCCn1c(=O)[nH]c2nc(-c3cccc(N)c3)cnc21. The molecule has 3 N–H and O–H groups in total. The molecule has 0 radical (unpaired) electrons. The van der Waals surface area contributed by atoms with Gasteiger partial charge in [-0.15, -0.1) is 0 Å². The average molecular weight is 299 g/mol. The fraction of sp³-hybridized carbons (Fsp3) is 0.267. The lowest BCUT2D eigenvalue weighted by atomic mass is 10.1. The summed E-state index contributed by atoms with van der Waals surface area (Å²) < 4.78 is 6.58. The van der Waals surface area contributed by atoms with Crippen molar-refractivity contribution in [1.29, 1.82) is 0 Å². The molecule has 0 spiro atoms. The summed E-state index contributed by atoms with van der Waals surface area (Å²) in [6.45, 7) is 1.13. The van der Waals surface area contributed by atoms with Gasteiger partial charge >= 0.3 is 5.69 Å². The fourth-order valence-corrected chi connectivity index (χ4v) is 2.34. The average Bonchev–Trinajstić information content (AvgIpc) is 2.82. The van der Waals surface area contributed by atoms with E-state index >= 15 is 0 Å². The summed E-state index contributed by atoms with van der Waals surface area (Å²) in [5.74, 6) is 0. The number of hydrogen-bond donors (Lipinski definition) is 2. The quantitative estimate of drug-likeness (QED) is 0.548. The van der Waals surface area contributed by atoms with Crippen LogP contribution in [0, 0.1) is 0 Å². The van der Waals surface area contributed by atoms with Crippen molar-refractivity contribution >= 4 is 17.0 Å². The van der Waals surface area contributed by atoms with Crippen LogP contribution in [0.15, 0.2) is 35.3 Å². The number of fused-ring (bicyclic) bond motifs is 1. The van der Waals surface area contributed by atoms with Crippen molar-refractivity contribution in [2.45, 2.75) is 13.0 Å². The van der Waals surface area contributed by atoms with Crippen LogP contribution in [0.4, 0.5) is 5.69 Å². The van der Waals surface area contributed by atoms with E-state index in [4.69, 9.17) is 10.5 Å². The Morgan fingerprint density at radius 3 is 3.05 bits per heavy atom. The van der Waals surface area contributed by atoms with Crippen LogP contribution in [0.5, 0.6) is 0 Å². The zero-order valence-corrected chi connectivity index (χ0v) is 12.2. The zero-order valence-electron chi connectivity index (χ0n) is 12.2. The molecule has 0 bridgehead atoms. The maximum atomic E-state index is 12.0. The van der Waals surface area contributed by atoms with Gasteiger partial charge in [0.25, 0.3) is 0 Å². The predicted octanol–water partition coefficient (Wildman–Crippen LogP) is 1.41. The molecular formula is C15H17N5O2. The number of nitrogens with zero attached hydrogens (tertiary/aromatic N) is 3. The first kappa shape index (κ1) is 14.3. The van der Waals surface area contributed by atoms with Gasteiger partial charge in [-0.2, -0.15) is 0 Å². The first-order chi connectivity index (χ1) is 10.7. The van der Waals surface area contributed by atoms with Gasteiger partial charge in [0.05, 0.1) is 11.9 Å². The van der Waals surface area contributed by atoms with Crippen LogP contribution in [0.25, 0.3) is 22.6 Å². The second kappa shape index (κ2) is 5.98. The number of aryl methyl sites for hydroxylation is 1. The van der Waals surface area contributed by atoms with E-state index < -0.39 is 0 Å². The molecule has 22 heavy (non-hydrogen) atoms. The van der Waals surface area contributed by atoms with Gasteiger partial charge in [-0.25, -0.2) is 14.8 Å². The molecular weight excluding hydrogens is 282 g/mol. The third kappa shape index (κ3) is 2.71. The Kier molecular flexibility index (Phi) is 3.88. The van der Waals surface area contributed by atoms with Crippen molar-refractivity contribution < 1.29 is 4.74 Å². The Hall–Kier alpha value is -2.67. The second-order valence-corrected chi connectivity index (χ2v) is 4.98. The number of nitrogen functional groups attached to an aromatic ring is 1. The molecule has 0 fully saturated rings. The molecule has 0 amide bonds. The number of benzene rings is 1. The minimum Gasteiger partial charge on any atom is -0.399 e. The maximum Gasteiger partial charge on any atom is 0.328 e. The van der Waals surface area contributed by atoms with Crippen LogP contribution in [0.2, 0.25) is 0 Å². The van der Waals surface area contributed by atoms with E-state index in [1.165, 1.54) is 0 Å². The molecule has 7 nitrogen and oxygen atoms in total. The Bertz CT molecular complexity index is 853. The van der Waals surface area contributed by atoms with Crippen molar-refractivity contribution in [2.75, 3.05) is 19.5 Å². The van der Waals surface area contributed by atoms with Gasteiger partial charge in [-0.1, -0.05) is 12.1 Å². The summed E-state index contributed by atoms with van der Waals surface area (Å²) in [6.07, 6.45) is 2.39. The lowest BCUT2D eigenvalue weighted by molar-refractivity contribution is 0.190. The van der Waals surface area contributed by atoms with E-state index in [9.17, 15) is 4.79 Å². The molecule has 1 aromatic carbocycles. The van der Waals surface area contributed by atoms with Crippen LogP contribution >= 0.6 is 0 Å². The van der Waals surface area contributed by atoms with Gasteiger partial charge in [0.1, 0.15) is 0 Å². The smallest absolute Gasteiger partial charge is 0.328 e. The fourth-order valence-electron chi connectivity index (χ4n) is 2.34. The molecule has 0 aliphatic rings. The van der Waals surface area contributed by atoms with E-state index in [-0.39, 0.29) is 5.69 Å². The molecule has 0 aliphatic carbocycles. The number of imidazole rings is 1. The van der Waals surface area contributed by atoms with Gasteiger partial charge in [0, 0.05) is 31.5 Å². The number of nitrogens with two attached hydrogens (primary N) is 1. The van der Waals surface area contributed by atoms with Crippen LogP contribution in [0.1, 0.15) is 6.42 Å². The number of rotatable bonds is 5. The number of aromatic amines is 1. The van der Waals surface area contributed by atoms with E-state index in [1.807, 2.05) is 24.3 Å². The van der Waals surface area contributed by atoms with Gasteiger partial charge in [0.2, 0.25) is 0 Å². The highest BCUT2D eigenvalue weighted by Gasteiger charge is 2.11. The summed E-state index contributed by atoms with van der Waals surface area (Å²) in [6, 6.07) is 7.39. The van der Waals surface area contributed by atoms with Gasteiger partial charge in [-0.05, 0) is 18.6 Å². The van der Waals surface area contributed by atoms with Crippen molar-refractivity contribution in [2.24, 2.45) is 0 Å². The number of anilines is 1. The highest BCUT2D eigenvalue weighted by Crippen LogP contribution is 2.20. The monoisotopic (exact) mass is 299 g/mol. The van der Waals surface area contributed by atoms with E-state index in [0.717, 1.165) is 12.0 Å². The molecule has 3 aromatic rings. The first-order valence-corrected chi connectivity index (χ1v) is 6.99. The first-order valence-electron chi connectivity index (χ1n) is 6.99. The molecule has 7 heteroatoms. The number of nitrogens with one attached hydrogen (secondary N) is 1. The number of hydrogen-bond acceptors (Lipinski definition) is 5. The van der Waals surface area contributed by atoms with Gasteiger partial charge in [-0.3, -0.25) is 9.55 Å². The van der Waals surface area contributed by atoms with Crippen LogP contribution in [0.3, 0.4) is 0 Å². The third-order valence-electron chi connectivity index (χ3n) is 3.39. The van der Waals surface area contributed by atoms with Crippen molar-refractivity contribution in [1.82, 2.24) is 19.5 Å². The summed E-state index contributed by atoms with van der Waals surface area (Å²) in [7, 11) is 1.63. The maximum absolute atomic E-state index is 12.0. The minimum atomic E-state index is -0.212. The van der Waals surface area contributed by atoms with Crippen molar-refractivity contribution in [3.8, 4) is 11.3 Å². The molecule has 0 unspecified atom stereocenters. The topological polar surface area (TPSA) is 98.8 Å².